The molecule has 17 heavy (non-hydrogen) atoms. The second-order valence-corrected chi connectivity index (χ2v) is 5.28. The van der Waals surface area contributed by atoms with Crippen LogP contribution in [0.3, 0.4) is 0 Å². The molecule has 1 N–H and O–H groups in total. The molecule has 0 spiro atoms. The molecule has 0 radical (unpaired) electrons. The lowest BCUT2D eigenvalue weighted by Gasteiger charge is -2.05. The summed E-state index contributed by atoms with van der Waals surface area (Å²) in [6.45, 7) is 0. The molecule has 0 unspecified atom stereocenters. The molecule has 0 aliphatic heterocycles. The maximum absolute atomic E-state index is 11.7. The largest absolute Gasteiger partial charge is 0.464 e. The highest BCUT2D eigenvalue weighted by atomic mass is 127. The molecule has 0 aliphatic rings. The van der Waals surface area contributed by atoms with Crippen LogP contribution in [0.1, 0.15) is 10.5 Å². The SMILES string of the molecule is COC(=O)c1n[nH]c(=O)c2c(I)cc(Br)cc12. The first kappa shape index (κ1) is 12.5. The molecule has 0 saturated heterocycles. The first-order valence-corrected chi connectivity index (χ1v) is 6.37. The van der Waals surface area contributed by atoms with Gasteiger partial charge in [0, 0.05) is 13.4 Å². The molecule has 88 valence electrons. The van der Waals surface area contributed by atoms with Gasteiger partial charge in [0.1, 0.15) is 0 Å². The zero-order valence-electron chi connectivity index (χ0n) is 8.58. The fourth-order valence-corrected chi connectivity index (χ4v) is 3.22. The van der Waals surface area contributed by atoms with Crippen LogP contribution in [0.25, 0.3) is 10.8 Å². The van der Waals surface area contributed by atoms with Crippen LogP contribution in [0.5, 0.6) is 0 Å². The van der Waals surface area contributed by atoms with Gasteiger partial charge in [0.05, 0.1) is 12.5 Å². The molecule has 1 aromatic carbocycles. The third-order valence-electron chi connectivity index (χ3n) is 2.19. The zero-order valence-corrected chi connectivity index (χ0v) is 12.3. The summed E-state index contributed by atoms with van der Waals surface area (Å²) >= 11 is 5.35. The number of esters is 1. The Hall–Kier alpha value is -0.960. The molecule has 0 atom stereocenters. The van der Waals surface area contributed by atoms with Gasteiger partial charge in [0.2, 0.25) is 0 Å². The van der Waals surface area contributed by atoms with Gasteiger partial charge in [-0.2, -0.15) is 5.10 Å². The van der Waals surface area contributed by atoms with Crippen molar-refractivity contribution in [1.82, 2.24) is 10.2 Å². The van der Waals surface area contributed by atoms with Crippen LogP contribution in [0.15, 0.2) is 21.4 Å². The Bertz CT molecular complexity index is 668. The van der Waals surface area contributed by atoms with Crippen molar-refractivity contribution >= 4 is 55.3 Å². The van der Waals surface area contributed by atoms with E-state index in [0.717, 1.165) is 8.04 Å². The minimum atomic E-state index is -0.583. The van der Waals surface area contributed by atoms with E-state index in [9.17, 15) is 9.59 Å². The predicted molar refractivity (Wildman–Crippen MR) is 74.1 cm³/mol. The van der Waals surface area contributed by atoms with Crippen LogP contribution in [0.2, 0.25) is 0 Å². The molecule has 0 aliphatic carbocycles. The average Bonchev–Trinajstić information content (AvgIpc) is 2.27. The topological polar surface area (TPSA) is 72.0 Å². The Labute approximate surface area is 118 Å². The fourth-order valence-electron chi connectivity index (χ4n) is 1.47. The van der Waals surface area contributed by atoms with Crippen molar-refractivity contribution < 1.29 is 9.53 Å². The van der Waals surface area contributed by atoms with Gasteiger partial charge >= 0.3 is 5.97 Å². The van der Waals surface area contributed by atoms with E-state index in [1.165, 1.54) is 7.11 Å². The van der Waals surface area contributed by atoms with E-state index in [-0.39, 0.29) is 11.3 Å². The van der Waals surface area contributed by atoms with Crippen LogP contribution < -0.4 is 5.56 Å². The van der Waals surface area contributed by atoms with Crippen molar-refractivity contribution in [2.45, 2.75) is 0 Å². The van der Waals surface area contributed by atoms with E-state index in [4.69, 9.17) is 0 Å². The average molecular weight is 409 g/mol. The minimum absolute atomic E-state index is 0.0984. The number of halogens is 2. The number of aromatic nitrogens is 2. The summed E-state index contributed by atoms with van der Waals surface area (Å²) in [6.07, 6.45) is 0. The van der Waals surface area contributed by atoms with Crippen LogP contribution >= 0.6 is 38.5 Å². The molecule has 0 saturated carbocycles. The number of H-pyrrole nitrogens is 1. The number of nitrogens with one attached hydrogen (secondary N) is 1. The molecule has 2 aromatic rings. The number of hydrogen-bond donors (Lipinski definition) is 1. The highest BCUT2D eigenvalue weighted by Gasteiger charge is 2.16. The number of methoxy groups -OCH3 is 1. The highest BCUT2D eigenvalue weighted by molar-refractivity contribution is 14.1. The lowest BCUT2D eigenvalue weighted by molar-refractivity contribution is 0.0595. The third-order valence-corrected chi connectivity index (χ3v) is 3.49. The molecule has 0 fully saturated rings. The van der Waals surface area contributed by atoms with Crippen LogP contribution in [0, 0.1) is 3.57 Å². The van der Waals surface area contributed by atoms with Crippen LogP contribution in [0.4, 0.5) is 0 Å². The van der Waals surface area contributed by atoms with E-state index in [0.29, 0.717) is 10.8 Å². The maximum Gasteiger partial charge on any atom is 0.359 e. The second-order valence-electron chi connectivity index (χ2n) is 3.20. The number of rotatable bonds is 1. The molecule has 2 rings (SSSR count). The number of fused-ring (bicyclic) bond motifs is 1. The summed E-state index contributed by atoms with van der Waals surface area (Å²) in [7, 11) is 1.27. The first-order valence-electron chi connectivity index (χ1n) is 4.50. The summed E-state index contributed by atoms with van der Waals surface area (Å²) in [4.78, 5) is 23.2. The van der Waals surface area contributed by atoms with Gasteiger partial charge in [-0.15, -0.1) is 0 Å². The normalized spacial score (nSPS) is 10.5. The van der Waals surface area contributed by atoms with Gasteiger partial charge in [-0.25, -0.2) is 9.89 Å². The van der Waals surface area contributed by atoms with Gasteiger partial charge in [0.15, 0.2) is 5.69 Å². The van der Waals surface area contributed by atoms with E-state index in [2.05, 4.69) is 30.9 Å². The maximum atomic E-state index is 11.7. The van der Waals surface area contributed by atoms with Crippen molar-refractivity contribution in [1.29, 1.82) is 0 Å². The smallest absolute Gasteiger partial charge is 0.359 e. The fraction of sp³-hybridized carbons (Fsp3) is 0.100. The highest BCUT2D eigenvalue weighted by Crippen LogP contribution is 2.24. The molecular formula is C10H6BrIN2O3. The van der Waals surface area contributed by atoms with Gasteiger partial charge in [-0.05, 0) is 34.7 Å². The number of carbonyl (C=O) groups is 1. The Kier molecular flexibility index (Phi) is 3.48. The van der Waals surface area contributed by atoms with Crippen LogP contribution in [-0.4, -0.2) is 23.3 Å². The number of carbonyl (C=O) groups excluding carboxylic acids is 1. The van der Waals surface area contributed by atoms with Crippen molar-refractivity contribution in [3.05, 3.63) is 36.2 Å². The van der Waals surface area contributed by atoms with Crippen molar-refractivity contribution in [2.24, 2.45) is 0 Å². The minimum Gasteiger partial charge on any atom is -0.464 e. The Morgan fingerprint density at radius 2 is 2.24 bits per heavy atom. The molecule has 5 nitrogen and oxygen atoms in total. The lowest BCUT2D eigenvalue weighted by Crippen LogP contribution is -2.16. The standard InChI is InChI=1S/C10H6BrIN2O3/c1-17-10(16)8-5-2-4(11)3-6(12)7(5)9(15)14-13-8/h2-3H,1H3,(H,14,15). The summed E-state index contributed by atoms with van der Waals surface area (Å²) in [5.41, 5.74) is -0.231. The number of hydrogen-bond acceptors (Lipinski definition) is 4. The van der Waals surface area contributed by atoms with E-state index < -0.39 is 5.97 Å². The monoisotopic (exact) mass is 408 g/mol. The summed E-state index contributed by atoms with van der Waals surface area (Å²) in [5, 5.41) is 6.92. The van der Waals surface area contributed by atoms with Gasteiger partial charge in [-0.1, -0.05) is 15.9 Å². The predicted octanol–water partition coefficient (Wildman–Crippen LogP) is 2.08. The molecule has 7 heteroatoms. The quantitative estimate of drug-likeness (QED) is 0.579. The molecule has 1 aromatic heterocycles. The first-order chi connectivity index (χ1) is 8.04. The number of benzene rings is 1. The van der Waals surface area contributed by atoms with E-state index >= 15 is 0 Å². The molecule has 0 amide bonds. The molecular weight excluding hydrogens is 403 g/mol. The Morgan fingerprint density at radius 1 is 1.53 bits per heavy atom. The molecule has 0 bridgehead atoms. The number of ether oxygens (including phenoxy) is 1. The van der Waals surface area contributed by atoms with Crippen molar-refractivity contribution in [2.75, 3.05) is 7.11 Å². The summed E-state index contributed by atoms with van der Waals surface area (Å²) < 4.78 is 6.13. The van der Waals surface area contributed by atoms with Crippen molar-refractivity contribution in [3.8, 4) is 0 Å². The van der Waals surface area contributed by atoms with Gasteiger partial charge in [0.25, 0.3) is 5.56 Å². The number of aromatic amines is 1. The van der Waals surface area contributed by atoms with Gasteiger partial charge < -0.3 is 4.74 Å². The lowest BCUT2D eigenvalue weighted by atomic mass is 10.1. The summed E-state index contributed by atoms with van der Waals surface area (Å²) in [5.74, 6) is -0.583. The zero-order chi connectivity index (χ0) is 12.6. The third kappa shape index (κ3) is 2.21. The van der Waals surface area contributed by atoms with E-state index in [1.54, 1.807) is 12.1 Å². The molecule has 1 heterocycles. The number of nitrogens with zero attached hydrogens (tertiary/aromatic N) is 1. The second kappa shape index (κ2) is 4.73. The van der Waals surface area contributed by atoms with Crippen molar-refractivity contribution in [3.63, 3.8) is 0 Å². The Balaban J connectivity index is 2.94. The van der Waals surface area contributed by atoms with Crippen LogP contribution in [-0.2, 0) is 4.74 Å². The summed E-state index contributed by atoms with van der Waals surface area (Å²) in [6, 6.07) is 3.46. The van der Waals surface area contributed by atoms with Gasteiger partial charge in [-0.3, -0.25) is 4.79 Å². The Morgan fingerprint density at radius 3 is 2.88 bits per heavy atom. The van der Waals surface area contributed by atoms with E-state index in [1.807, 2.05) is 22.6 Å².